The topological polar surface area (TPSA) is 49.4 Å². The Morgan fingerprint density at radius 2 is 2.06 bits per heavy atom. The second kappa shape index (κ2) is 7.67. The fourth-order valence-electron chi connectivity index (χ4n) is 2.31. The second-order valence-corrected chi connectivity index (χ2v) is 5.64. The van der Waals surface area contributed by atoms with Crippen molar-refractivity contribution in [3.8, 4) is 0 Å². The molecule has 1 N–H and O–H groups in total. The van der Waals surface area contributed by atoms with Crippen molar-refractivity contribution < 1.29 is 9.59 Å². The van der Waals surface area contributed by atoms with E-state index in [0.717, 1.165) is 25.0 Å². The number of carbonyl (C=O) groups is 2. The lowest BCUT2D eigenvalue weighted by molar-refractivity contribution is -0.149. The Labute approximate surface area is 114 Å². The summed E-state index contributed by atoms with van der Waals surface area (Å²) in [6.07, 6.45) is 5.36. The van der Waals surface area contributed by atoms with Crippen LogP contribution < -0.4 is 5.32 Å². The maximum Gasteiger partial charge on any atom is 0.245 e. The maximum absolute atomic E-state index is 12.3. The summed E-state index contributed by atoms with van der Waals surface area (Å²) < 4.78 is 0. The van der Waals surface area contributed by atoms with Crippen molar-refractivity contribution in [2.75, 3.05) is 18.6 Å². The monoisotopic (exact) mass is 272 g/mol. The summed E-state index contributed by atoms with van der Waals surface area (Å²) >= 11 is 1.77. The van der Waals surface area contributed by atoms with Gasteiger partial charge in [0.1, 0.15) is 12.1 Å². The first-order valence-corrected chi connectivity index (χ1v) is 8.14. The number of hydrogen-bond acceptors (Lipinski definition) is 3. The van der Waals surface area contributed by atoms with Gasteiger partial charge in [0.25, 0.3) is 0 Å². The molecule has 0 aromatic heterocycles. The first-order chi connectivity index (χ1) is 8.65. The van der Waals surface area contributed by atoms with E-state index in [1.54, 1.807) is 16.7 Å². The SMILES string of the molecule is CCCC1C(=O)NC(CC)C(=O)N1CCCSC. The molecule has 0 bridgehead atoms. The number of carbonyl (C=O) groups excluding carboxylic acids is 2. The Morgan fingerprint density at radius 3 is 2.61 bits per heavy atom. The minimum Gasteiger partial charge on any atom is -0.343 e. The van der Waals surface area contributed by atoms with E-state index in [0.29, 0.717) is 13.0 Å². The Kier molecular flexibility index (Phi) is 6.54. The lowest BCUT2D eigenvalue weighted by atomic mass is 10.0. The molecule has 1 rings (SSSR count). The molecule has 0 spiro atoms. The van der Waals surface area contributed by atoms with Crippen LogP contribution in [0.15, 0.2) is 0 Å². The molecule has 1 aliphatic heterocycles. The van der Waals surface area contributed by atoms with Gasteiger partial charge >= 0.3 is 0 Å². The predicted octanol–water partition coefficient (Wildman–Crippen LogP) is 1.65. The van der Waals surface area contributed by atoms with E-state index in [2.05, 4.69) is 11.6 Å². The first kappa shape index (κ1) is 15.3. The summed E-state index contributed by atoms with van der Waals surface area (Å²) in [7, 11) is 0. The van der Waals surface area contributed by atoms with Crippen LogP contribution in [0.2, 0.25) is 0 Å². The lowest BCUT2D eigenvalue weighted by Crippen LogP contribution is -2.63. The quantitative estimate of drug-likeness (QED) is 0.717. The van der Waals surface area contributed by atoms with Crippen LogP contribution in [0.4, 0.5) is 0 Å². The van der Waals surface area contributed by atoms with E-state index in [-0.39, 0.29) is 23.9 Å². The van der Waals surface area contributed by atoms with Gasteiger partial charge in [-0.25, -0.2) is 0 Å². The summed E-state index contributed by atoms with van der Waals surface area (Å²) in [5, 5.41) is 2.84. The van der Waals surface area contributed by atoms with Crippen LogP contribution in [-0.4, -0.2) is 47.4 Å². The van der Waals surface area contributed by atoms with E-state index in [9.17, 15) is 9.59 Å². The molecule has 1 heterocycles. The number of thioether (sulfide) groups is 1. The van der Waals surface area contributed by atoms with Gasteiger partial charge in [0.2, 0.25) is 11.8 Å². The number of rotatable bonds is 7. The molecule has 4 nitrogen and oxygen atoms in total. The number of nitrogens with zero attached hydrogens (tertiary/aromatic N) is 1. The molecular formula is C13H24N2O2S. The largest absolute Gasteiger partial charge is 0.343 e. The molecule has 1 fully saturated rings. The molecule has 0 aromatic carbocycles. The van der Waals surface area contributed by atoms with Gasteiger partial charge in [0.05, 0.1) is 0 Å². The molecule has 1 aliphatic rings. The van der Waals surface area contributed by atoms with Gasteiger partial charge in [0.15, 0.2) is 0 Å². The maximum atomic E-state index is 12.3. The van der Waals surface area contributed by atoms with Crippen LogP contribution in [-0.2, 0) is 9.59 Å². The highest BCUT2D eigenvalue weighted by Crippen LogP contribution is 2.17. The third-order valence-corrected chi connectivity index (χ3v) is 3.99. The minimum absolute atomic E-state index is 0.0208. The van der Waals surface area contributed by atoms with Crippen LogP contribution in [0.25, 0.3) is 0 Å². The lowest BCUT2D eigenvalue weighted by Gasteiger charge is -2.38. The summed E-state index contributed by atoms with van der Waals surface area (Å²) in [5.74, 6) is 1.14. The van der Waals surface area contributed by atoms with Crippen molar-refractivity contribution in [3.05, 3.63) is 0 Å². The summed E-state index contributed by atoms with van der Waals surface area (Å²) in [6.45, 7) is 4.68. The molecule has 0 aromatic rings. The highest BCUT2D eigenvalue weighted by atomic mass is 32.2. The van der Waals surface area contributed by atoms with Crippen molar-refractivity contribution in [1.82, 2.24) is 10.2 Å². The van der Waals surface area contributed by atoms with Crippen LogP contribution in [0.5, 0.6) is 0 Å². The van der Waals surface area contributed by atoms with Gasteiger partial charge < -0.3 is 10.2 Å². The van der Waals surface area contributed by atoms with E-state index in [1.165, 1.54) is 0 Å². The van der Waals surface area contributed by atoms with Crippen LogP contribution in [0, 0.1) is 0 Å². The summed E-state index contributed by atoms with van der Waals surface area (Å²) in [5.41, 5.74) is 0. The molecule has 0 saturated carbocycles. The van der Waals surface area contributed by atoms with Crippen molar-refractivity contribution in [2.45, 2.75) is 51.6 Å². The van der Waals surface area contributed by atoms with E-state index in [1.807, 2.05) is 13.8 Å². The third-order valence-electron chi connectivity index (χ3n) is 3.29. The minimum atomic E-state index is -0.320. The van der Waals surface area contributed by atoms with Gasteiger partial charge in [-0.05, 0) is 31.3 Å². The van der Waals surface area contributed by atoms with Gasteiger partial charge in [0, 0.05) is 6.54 Å². The molecule has 104 valence electrons. The molecule has 2 amide bonds. The standard InChI is InChI=1S/C13H24N2O2S/c1-4-7-11-12(16)14-10(5-2)13(17)15(11)8-6-9-18-3/h10-11H,4-9H2,1-3H3,(H,14,16). The predicted molar refractivity (Wildman–Crippen MR) is 75.6 cm³/mol. The fourth-order valence-corrected chi connectivity index (χ4v) is 2.73. The van der Waals surface area contributed by atoms with Crippen molar-refractivity contribution >= 4 is 23.6 Å². The number of nitrogens with one attached hydrogen (secondary N) is 1. The van der Waals surface area contributed by atoms with Crippen molar-refractivity contribution in [1.29, 1.82) is 0 Å². The zero-order chi connectivity index (χ0) is 13.5. The van der Waals surface area contributed by atoms with Crippen LogP contribution >= 0.6 is 11.8 Å². The number of piperazine rings is 1. The molecule has 2 unspecified atom stereocenters. The van der Waals surface area contributed by atoms with Gasteiger partial charge in [-0.2, -0.15) is 11.8 Å². The molecule has 5 heteroatoms. The molecular weight excluding hydrogens is 248 g/mol. The number of hydrogen-bond donors (Lipinski definition) is 1. The molecule has 18 heavy (non-hydrogen) atoms. The normalized spacial score (nSPS) is 24.3. The van der Waals surface area contributed by atoms with E-state index in [4.69, 9.17) is 0 Å². The smallest absolute Gasteiger partial charge is 0.245 e. The Hall–Kier alpha value is -0.710. The first-order valence-electron chi connectivity index (χ1n) is 6.75. The average Bonchev–Trinajstić information content (AvgIpc) is 2.37. The van der Waals surface area contributed by atoms with Crippen LogP contribution in [0.3, 0.4) is 0 Å². The average molecular weight is 272 g/mol. The van der Waals surface area contributed by atoms with Gasteiger partial charge in [-0.3, -0.25) is 9.59 Å². The van der Waals surface area contributed by atoms with Crippen molar-refractivity contribution in [2.24, 2.45) is 0 Å². The Bertz CT molecular complexity index is 297. The second-order valence-electron chi connectivity index (χ2n) is 4.65. The molecule has 1 saturated heterocycles. The van der Waals surface area contributed by atoms with Crippen LogP contribution in [0.1, 0.15) is 39.5 Å². The fraction of sp³-hybridized carbons (Fsp3) is 0.846. The molecule has 2 atom stereocenters. The van der Waals surface area contributed by atoms with Gasteiger partial charge in [-0.15, -0.1) is 0 Å². The Morgan fingerprint density at radius 1 is 1.33 bits per heavy atom. The van der Waals surface area contributed by atoms with Crippen molar-refractivity contribution in [3.63, 3.8) is 0 Å². The highest BCUT2D eigenvalue weighted by Gasteiger charge is 2.38. The third kappa shape index (κ3) is 3.64. The zero-order valence-electron chi connectivity index (χ0n) is 11.6. The Balaban J connectivity index is 2.73. The summed E-state index contributed by atoms with van der Waals surface area (Å²) in [6, 6.07) is -0.577. The zero-order valence-corrected chi connectivity index (χ0v) is 12.4. The highest BCUT2D eigenvalue weighted by molar-refractivity contribution is 7.98. The van der Waals surface area contributed by atoms with Gasteiger partial charge in [-0.1, -0.05) is 20.3 Å². The van der Waals surface area contributed by atoms with E-state index < -0.39 is 0 Å². The number of amides is 2. The molecule has 0 radical (unpaired) electrons. The van der Waals surface area contributed by atoms with E-state index >= 15 is 0 Å². The molecule has 0 aliphatic carbocycles. The summed E-state index contributed by atoms with van der Waals surface area (Å²) in [4.78, 5) is 26.1.